The number of ether oxygens (including phenoxy) is 2. The Balaban J connectivity index is 1.42. The van der Waals surface area contributed by atoms with Crippen LogP contribution in [0.5, 0.6) is 11.5 Å². The Morgan fingerprint density at radius 1 is 0.854 bits per heavy atom. The maximum Gasteiger partial charge on any atom is 0.340 e. The van der Waals surface area contributed by atoms with E-state index in [1.165, 1.54) is 32.1 Å². The second-order valence-corrected chi connectivity index (χ2v) is 11.6. The number of benzene rings is 4. The Labute approximate surface area is 241 Å². The van der Waals surface area contributed by atoms with Crippen molar-refractivity contribution in [2.24, 2.45) is 5.92 Å². The van der Waals surface area contributed by atoms with E-state index in [1.807, 2.05) is 66.7 Å². The Morgan fingerprint density at radius 3 is 2.44 bits per heavy atom. The van der Waals surface area contributed by atoms with Gasteiger partial charge in [0.05, 0.1) is 11.1 Å². The Morgan fingerprint density at radius 2 is 1.63 bits per heavy atom. The molecule has 3 aliphatic rings. The molecule has 4 aromatic rings. The predicted octanol–water partition coefficient (Wildman–Crippen LogP) is 9.08. The van der Waals surface area contributed by atoms with Crippen molar-refractivity contribution in [2.45, 2.75) is 64.0 Å². The molecule has 5 nitrogen and oxygen atoms in total. The van der Waals surface area contributed by atoms with Gasteiger partial charge in [0.2, 0.25) is 0 Å². The lowest BCUT2D eigenvalue weighted by Crippen LogP contribution is -2.36. The minimum absolute atomic E-state index is 0.313. The van der Waals surface area contributed by atoms with E-state index in [4.69, 9.17) is 9.47 Å². The number of hydrogen-bond acceptors (Lipinski definition) is 5. The van der Waals surface area contributed by atoms with Gasteiger partial charge in [0.1, 0.15) is 11.5 Å². The topological polar surface area (TPSA) is 59.6 Å². The summed E-state index contributed by atoms with van der Waals surface area (Å²) in [7, 11) is 0. The standard InChI is InChI=1S/C36H36N2O3/c1-3-29(24-13-6-4-7-14-24)38-30-19-12-20-32-34(30)36(27-18-11-10-17-26(27)35(39)41-36)28-22-31(23(2)21-33(28)40-32)37-25-15-8-5-9-16-25/h5,8-12,15-22,24,29,37-38H,3-4,6-7,13-14H2,1-2H3. The van der Waals surface area contributed by atoms with E-state index in [-0.39, 0.29) is 5.97 Å². The molecule has 0 aromatic heterocycles. The van der Waals surface area contributed by atoms with E-state index in [1.54, 1.807) is 0 Å². The summed E-state index contributed by atoms with van der Waals surface area (Å²) < 4.78 is 13.2. The van der Waals surface area contributed by atoms with Crippen molar-refractivity contribution in [2.75, 3.05) is 10.6 Å². The maximum atomic E-state index is 13.5. The Hall–Kier alpha value is -4.25. The predicted molar refractivity (Wildman–Crippen MR) is 163 cm³/mol. The summed E-state index contributed by atoms with van der Waals surface area (Å²) in [5.74, 6) is 1.73. The van der Waals surface area contributed by atoms with Gasteiger partial charge in [0.15, 0.2) is 5.60 Å². The van der Waals surface area contributed by atoms with Gasteiger partial charge in [-0.05, 0) is 80.1 Å². The summed E-state index contributed by atoms with van der Waals surface area (Å²) in [5.41, 5.74) is 5.96. The molecule has 1 spiro atoms. The highest BCUT2D eigenvalue weighted by atomic mass is 16.6. The number of carbonyl (C=O) groups is 1. The van der Waals surface area contributed by atoms with E-state index < -0.39 is 5.60 Å². The highest BCUT2D eigenvalue weighted by molar-refractivity contribution is 5.97. The lowest BCUT2D eigenvalue weighted by Gasteiger charge is -2.39. The zero-order valence-electron chi connectivity index (χ0n) is 23.7. The fourth-order valence-electron chi connectivity index (χ4n) is 7.10. The minimum atomic E-state index is -1.13. The molecule has 0 saturated heterocycles. The Bertz CT molecular complexity index is 1610. The van der Waals surface area contributed by atoms with Gasteiger partial charge in [-0.2, -0.15) is 0 Å². The number of anilines is 3. The maximum absolute atomic E-state index is 13.5. The lowest BCUT2D eigenvalue weighted by atomic mass is 9.76. The van der Waals surface area contributed by atoms with Gasteiger partial charge in [-0.15, -0.1) is 0 Å². The minimum Gasteiger partial charge on any atom is -0.456 e. The monoisotopic (exact) mass is 544 g/mol. The highest BCUT2D eigenvalue weighted by Crippen LogP contribution is 2.59. The quantitative estimate of drug-likeness (QED) is 0.237. The molecule has 2 atom stereocenters. The molecule has 1 saturated carbocycles. The third-order valence-corrected chi connectivity index (χ3v) is 9.13. The number of rotatable bonds is 6. The third kappa shape index (κ3) is 4.26. The zero-order valence-corrected chi connectivity index (χ0v) is 23.7. The molecule has 0 bridgehead atoms. The fourth-order valence-corrected chi connectivity index (χ4v) is 7.10. The summed E-state index contributed by atoms with van der Waals surface area (Å²) in [6.45, 7) is 4.33. The molecule has 208 valence electrons. The third-order valence-electron chi connectivity index (χ3n) is 9.13. The zero-order chi connectivity index (χ0) is 28.0. The van der Waals surface area contributed by atoms with Gasteiger partial charge >= 0.3 is 5.97 Å². The van der Waals surface area contributed by atoms with Gasteiger partial charge in [0.25, 0.3) is 0 Å². The largest absolute Gasteiger partial charge is 0.456 e. The van der Waals surface area contributed by atoms with E-state index in [0.717, 1.165) is 45.7 Å². The smallest absolute Gasteiger partial charge is 0.340 e. The van der Waals surface area contributed by atoms with Crippen LogP contribution in [-0.4, -0.2) is 12.0 Å². The number of esters is 1. The van der Waals surface area contributed by atoms with Gasteiger partial charge < -0.3 is 20.1 Å². The van der Waals surface area contributed by atoms with Crippen molar-refractivity contribution >= 4 is 23.0 Å². The van der Waals surface area contributed by atoms with Crippen LogP contribution in [0.3, 0.4) is 0 Å². The number of fused-ring (bicyclic) bond motifs is 6. The number of nitrogens with one attached hydrogen (secondary N) is 2. The summed E-state index contributed by atoms with van der Waals surface area (Å²) in [6, 6.07) is 28.5. The number of aryl methyl sites for hydroxylation is 1. The van der Waals surface area contributed by atoms with Crippen molar-refractivity contribution in [3.8, 4) is 11.5 Å². The van der Waals surface area contributed by atoms with Crippen LogP contribution in [0.15, 0.2) is 84.9 Å². The molecule has 4 aromatic carbocycles. The van der Waals surface area contributed by atoms with Crippen molar-refractivity contribution in [3.05, 3.63) is 113 Å². The second kappa shape index (κ2) is 10.3. The van der Waals surface area contributed by atoms with Gasteiger partial charge in [-0.25, -0.2) is 4.79 Å². The molecular weight excluding hydrogens is 508 g/mol. The summed E-state index contributed by atoms with van der Waals surface area (Å²) in [4.78, 5) is 13.5. The highest BCUT2D eigenvalue weighted by Gasteiger charge is 2.55. The van der Waals surface area contributed by atoms with Gasteiger partial charge in [-0.3, -0.25) is 0 Å². The molecule has 1 fully saturated rings. The summed E-state index contributed by atoms with van der Waals surface area (Å²) in [5, 5.41) is 7.51. The molecule has 0 amide bonds. The van der Waals surface area contributed by atoms with Crippen LogP contribution in [0.2, 0.25) is 0 Å². The van der Waals surface area contributed by atoms with Crippen LogP contribution < -0.4 is 15.4 Å². The van der Waals surface area contributed by atoms with Crippen molar-refractivity contribution < 1.29 is 14.3 Å². The van der Waals surface area contributed by atoms with Crippen LogP contribution in [-0.2, 0) is 10.3 Å². The number of carbonyl (C=O) groups excluding carboxylic acids is 1. The van der Waals surface area contributed by atoms with Gasteiger partial charge in [-0.1, -0.05) is 68.7 Å². The van der Waals surface area contributed by atoms with Crippen LogP contribution in [0.4, 0.5) is 17.1 Å². The molecule has 2 N–H and O–H groups in total. The molecule has 1 aliphatic carbocycles. The molecule has 5 heteroatoms. The summed E-state index contributed by atoms with van der Waals surface area (Å²) >= 11 is 0. The molecular formula is C36H36N2O3. The normalized spacial score (nSPS) is 19.9. The first-order chi connectivity index (χ1) is 20.1. The first kappa shape index (κ1) is 25.7. The first-order valence-corrected chi connectivity index (χ1v) is 15.0. The SMILES string of the molecule is CCC(Nc1cccc2c1C1(OC(=O)c3ccccc31)c1cc(Nc3ccccc3)c(C)cc1O2)C1CCCCC1. The van der Waals surface area contributed by atoms with Crippen molar-refractivity contribution in [1.29, 1.82) is 0 Å². The van der Waals surface area contributed by atoms with Crippen LogP contribution in [0, 0.1) is 12.8 Å². The second-order valence-electron chi connectivity index (χ2n) is 11.6. The van der Waals surface area contributed by atoms with Crippen LogP contribution in [0.1, 0.15) is 78.1 Å². The lowest BCUT2D eigenvalue weighted by molar-refractivity contribution is 0.0226. The number of hydrogen-bond donors (Lipinski definition) is 2. The summed E-state index contributed by atoms with van der Waals surface area (Å²) in [6.07, 6.45) is 7.43. The van der Waals surface area contributed by atoms with E-state index in [9.17, 15) is 4.79 Å². The fraction of sp³-hybridized carbons (Fsp3) is 0.306. The van der Waals surface area contributed by atoms with Crippen molar-refractivity contribution in [1.82, 2.24) is 0 Å². The number of para-hydroxylation sites is 1. The van der Waals surface area contributed by atoms with Gasteiger partial charge in [0, 0.05) is 34.2 Å². The van der Waals surface area contributed by atoms with E-state index in [2.05, 4.69) is 42.7 Å². The average Bonchev–Trinajstić information content (AvgIpc) is 3.30. The molecule has 2 heterocycles. The van der Waals surface area contributed by atoms with E-state index >= 15 is 0 Å². The molecule has 0 radical (unpaired) electrons. The molecule has 41 heavy (non-hydrogen) atoms. The van der Waals surface area contributed by atoms with Crippen LogP contribution >= 0.6 is 0 Å². The molecule has 2 unspecified atom stereocenters. The molecule has 2 aliphatic heterocycles. The average molecular weight is 545 g/mol. The molecule has 7 rings (SSSR count). The van der Waals surface area contributed by atoms with E-state index in [0.29, 0.717) is 29.0 Å². The first-order valence-electron chi connectivity index (χ1n) is 15.0. The van der Waals surface area contributed by atoms with Crippen LogP contribution in [0.25, 0.3) is 0 Å². The Kier molecular flexibility index (Phi) is 6.45. The van der Waals surface area contributed by atoms with Crippen molar-refractivity contribution in [3.63, 3.8) is 0 Å².